The fourth-order valence-corrected chi connectivity index (χ4v) is 1.94. The minimum absolute atomic E-state index is 0.728. The molecule has 0 heterocycles. The second-order valence-electron chi connectivity index (χ2n) is 4.41. The van der Waals surface area contributed by atoms with E-state index in [1.54, 1.807) is 0 Å². The largest absolute Gasteiger partial charge is 0.374 e. The van der Waals surface area contributed by atoms with Gasteiger partial charge in [0.25, 0.3) is 0 Å². The molecule has 1 nitrogen and oxygen atoms in total. The molecule has 84 valence electrons. The van der Waals surface area contributed by atoms with Gasteiger partial charge in [-0.25, -0.2) is 0 Å². The van der Waals surface area contributed by atoms with Crippen molar-refractivity contribution in [1.29, 1.82) is 0 Å². The Labute approximate surface area is 98.9 Å². The molecule has 1 aromatic carbocycles. The van der Waals surface area contributed by atoms with Crippen LogP contribution < -0.4 is 4.90 Å². The van der Waals surface area contributed by atoms with Gasteiger partial charge in [0.05, 0.1) is 0 Å². The summed E-state index contributed by atoms with van der Waals surface area (Å²) in [4.78, 5) is 2.23. The maximum atomic E-state index is 4.23. The lowest BCUT2D eigenvalue weighted by molar-refractivity contribution is 0.647. The number of anilines is 1. The van der Waals surface area contributed by atoms with E-state index in [4.69, 9.17) is 0 Å². The molecule has 0 spiro atoms. The smallest absolute Gasteiger partial charge is 0.0364 e. The zero-order chi connectivity index (χ0) is 11.3. The Morgan fingerprint density at radius 3 is 2.27 bits per heavy atom. The molecular formula is C13H21NS. The maximum Gasteiger partial charge on any atom is 0.0364 e. The first-order chi connectivity index (χ1) is 7.13. The molecule has 0 fully saturated rings. The molecule has 2 heteroatoms. The van der Waals surface area contributed by atoms with E-state index < -0.39 is 0 Å². The van der Waals surface area contributed by atoms with Crippen LogP contribution in [0.3, 0.4) is 0 Å². The number of rotatable bonds is 5. The Morgan fingerprint density at radius 2 is 1.80 bits per heavy atom. The molecule has 0 N–H and O–H groups in total. The topological polar surface area (TPSA) is 3.24 Å². The van der Waals surface area contributed by atoms with Gasteiger partial charge in [0.2, 0.25) is 0 Å². The number of nitrogens with zero attached hydrogens (tertiary/aromatic N) is 1. The molecule has 1 rings (SSSR count). The fraction of sp³-hybridized carbons (Fsp3) is 0.538. The molecule has 0 radical (unpaired) electrons. The molecule has 0 aliphatic heterocycles. The fourth-order valence-electron chi connectivity index (χ4n) is 1.64. The Morgan fingerprint density at radius 1 is 1.20 bits per heavy atom. The zero-order valence-corrected chi connectivity index (χ0v) is 10.8. The average molecular weight is 223 g/mol. The molecular weight excluding hydrogens is 202 g/mol. The molecule has 0 saturated heterocycles. The van der Waals surface area contributed by atoms with E-state index in [-0.39, 0.29) is 0 Å². The zero-order valence-electron chi connectivity index (χ0n) is 9.90. The molecule has 0 aliphatic rings. The first kappa shape index (κ1) is 12.4. The van der Waals surface area contributed by atoms with Crippen molar-refractivity contribution >= 4 is 18.3 Å². The van der Waals surface area contributed by atoms with Crippen LogP contribution >= 0.6 is 12.6 Å². The molecule has 0 aromatic heterocycles. The van der Waals surface area contributed by atoms with Crippen LogP contribution in [0.25, 0.3) is 0 Å². The first-order valence-corrected chi connectivity index (χ1v) is 6.17. The predicted octanol–water partition coefficient (Wildman–Crippen LogP) is 3.25. The van der Waals surface area contributed by atoms with Crippen molar-refractivity contribution in [2.75, 3.05) is 24.2 Å². The van der Waals surface area contributed by atoms with Gasteiger partial charge in [-0.2, -0.15) is 12.6 Å². The molecule has 15 heavy (non-hydrogen) atoms. The summed E-state index contributed by atoms with van der Waals surface area (Å²) < 4.78 is 0. The molecule has 0 unspecified atom stereocenters. The Balaban J connectivity index is 2.63. The van der Waals surface area contributed by atoms with Crippen LogP contribution in [0.2, 0.25) is 0 Å². The minimum Gasteiger partial charge on any atom is -0.374 e. The summed E-state index contributed by atoms with van der Waals surface area (Å²) in [6, 6.07) is 8.84. The first-order valence-electron chi connectivity index (χ1n) is 5.54. The van der Waals surface area contributed by atoms with Crippen LogP contribution in [0.5, 0.6) is 0 Å². The van der Waals surface area contributed by atoms with Gasteiger partial charge in [0.1, 0.15) is 0 Å². The highest BCUT2D eigenvalue weighted by molar-refractivity contribution is 7.80. The summed E-state index contributed by atoms with van der Waals surface area (Å²) in [5.41, 5.74) is 2.70. The number of hydrogen-bond donors (Lipinski definition) is 1. The number of thiol groups is 1. The van der Waals surface area contributed by atoms with Gasteiger partial charge in [0, 0.05) is 25.0 Å². The van der Waals surface area contributed by atoms with Crippen LogP contribution in [0.1, 0.15) is 19.4 Å². The van der Waals surface area contributed by atoms with Crippen molar-refractivity contribution in [3.63, 3.8) is 0 Å². The van der Waals surface area contributed by atoms with Crippen molar-refractivity contribution < 1.29 is 0 Å². The summed E-state index contributed by atoms with van der Waals surface area (Å²) >= 11 is 4.23. The molecule has 0 bridgehead atoms. The lowest BCUT2D eigenvalue weighted by Crippen LogP contribution is -2.19. The second kappa shape index (κ2) is 6.06. The standard InChI is InChI=1S/C13H21NS/c1-11(2)10-12-4-6-13(7-5-12)14(3)8-9-15/h4-7,11,15H,8-10H2,1-3H3. The third kappa shape index (κ3) is 4.17. The lowest BCUT2D eigenvalue weighted by Gasteiger charge is -2.18. The van der Waals surface area contributed by atoms with Gasteiger partial charge in [-0.1, -0.05) is 26.0 Å². The van der Waals surface area contributed by atoms with E-state index >= 15 is 0 Å². The maximum absolute atomic E-state index is 4.23. The third-order valence-corrected chi connectivity index (χ3v) is 2.66. The Bertz CT molecular complexity index is 279. The highest BCUT2D eigenvalue weighted by Crippen LogP contribution is 2.15. The highest BCUT2D eigenvalue weighted by atomic mass is 32.1. The van der Waals surface area contributed by atoms with Crippen molar-refractivity contribution in [3.8, 4) is 0 Å². The van der Waals surface area contributed by atoms with Crippen molar-refractivity contribution in [2.45, 2.75) is 20.3 Å². The van der Waals surface area contributed by atoms with E-state index in [9.17, 15) is 0 Å². The average Bonchev–Trinajstić information content (AvgIpc) is 2.18. The normalized spacial score (nSPS) is 10.7. The van der Waals surface area contributed by atoms with Crippen LogP contribution in [0.15, 0.2) is 24.3 Å². The van der Waals surface area contributed by atoms with E-state index in [2.05, 4.69) is 62.7 Å². The number of benzene rings is 1. The third-order valence-electron chi connectivity index (χ3n) is 2.46. The van der Waals surface area contributed by atoms with E-state index in [1.807, 2.05) is 0 Å². The predicted molar refractivity (Wildman–Crippen MR) is 72.1 cm³/mol. The minimum atomic E-state index is 0.728. The van der Waals surface area contributed by atoms with Gasteiger partial charge >= 0.3 is 0 Å². The second-order valence-corrected chi connectivity index (χ2v) is 4.86. The van der Waals surface area contributed by atoms with Crippen molar-refractivity contribution in [1.82, 2.24) is 0 Å². The van der Waals surface area contributed by atoms with Gasteiger partial charge in [-0.05, 0) is 30.0 Å². The molecule has 0 atom stereocenters. The van der Waals surface area contributed by atoms with Gasteiger partial charge in [-0.15, -0.1) is 0 Å². The van der Waals surface area contributed by atoms with Gasteiger partial charge in [0.15, 0.2) is 0 Å². The molecule has 0 amide bonds. The summed E-state index contributed by atoms with van der Waals surface area (Å²) in [7, 11) is 2.10. The summed E-state index contributed by atoms with van der Waals surface area (Å²) in [6.07, 6.45) is 1.16. The van der Waals surface area contributed by atoms with Crippen molar-refractivity contribution in [2.24, 2.45) is 5.92 Å². The van der Waals surface area contributed by atoms with E-state index in [1.165, 1.54) is 11.3 Å². The quantitative estimate of drug-likeness (QED) is 0.750. The highest BCUT2D eigenvalue weighted by Gasteiger charge is 2.01. The Kier molecular flexibility index (Phi) is 5.03. The van der Waals surface area contributed by atoms with Crippen molar-refractivity contribution in [3.05, 3.63) is 29.8 Å². The van der Waals surface area contributed by atoms with Gasteiger partial charge < -0.3 is 4.90 Å². The summed E-state index contributed by atoms with van der Waals surface area (Å²) in [5.74, 6) is 1.62. The van der Waals surface area contributed by atoms with Crippen LogP contribution in [-0.2, 0) is 6.42 Å². The summed E-state index contributed by atoms with van der Waals surface area (Å²) in [6.45, 7) is 5.49. The Hall–Kier alpha value is -0.630. The van der Waals surface area contributed by atoms with E-state index in [0.717, 1.165) is 24.6 Å². The van der Waals surface area contributed by atoms with E-state index in [0.29, 0.717) is 0 Å². The van der Waals surface area contributed by atoms with Crippen LogP contribution in [0.4, 0.5) is 5.69 Å². The van der Waals surface area contributed by atoms with Crippen LogP contribution in [-0.4, -0.2) is 19.3 Å². The SMILES string of the molecule is CC(C)Cc1ccc(N(C)CCS)cc1. The van der Waals surface area contributed by atoms with Gasteiger partial charge in [-0.3, -0.25) is 0 Å². The summed E-state index contributed by atoms with van der Waals surface area (Å²) in [5, 5.41) is 0. The monoisotopic (exact) mass is 223 g/mol. The number of hydrogen-bond acceptors (Lipinski definition) is 2. The molecule has 0 aliphatic carbocycles. The van der Waals surface area contributed by atoms with Crippen LogP contribution in [0, 0.1) is 5.92 Å². The molecule has 0 saturated carbocycles. The lowest BCUT2D eigenvalue weighted by atomic mass is 10.0. The molecule has 1 aromatic rings.